The first-order valence-corrected chi connectivity index (χ1v) is 3.20. The van der Waals surface area contributed by atoms with E-state index in [-0.39, 0.29) is 11.6 Å². The van der Waals surface area contributed by atoms with Crippen molar-refractivity contribution in [3.05, 3.63) is 0 Å². The SMILES string of the molecule is COC1(C)CNCC1N. The summed E-state index contributed by atoms with van der Waals surface area (Å²) in [6.45, 7) is 3.76. The normalized spacial score (nSPS) is 43.7. The zero-order chi connectivity index (χ0) is 6.91. The van der Waals surface area contributed by atoms with Crippen molar-refractivity contribution in [1.82, 2.24) is 5.32 Å². The van der Waals surface area contributed by atoms with Gasteiger partial charge in [-0.15, -0.1) is 0 Å². The van der Waals surface area contributed by atoms with E-state index in [0.29, 0.717) is 0 Å². The van der Waals surface area contributed by atoms with Crippen molar-refractivity contribution in [2.75, 3.05) is 20.2 Å². The summed E-state index contributed by atoms with van der Waals surface area (Å²) in [5.41, 5.74) is 5.60. The van der Waals surface area contributed by atoms with Gasteiger partial charge in [0.25, 0.3) is 0 Å². The van der Waals surface area contributed by atoms with Crippen LogP contribution in [0.2, 0.25) is 0 Å². The van der Waals surface area contributed by atoms with Crippen molar-refractivity contribution in [2.45, 2.75) is 18.6 Å². The highest BCUT2D eigenvalue weighted by atomic mass is 16.5. The van der Waals surface area contributed by atoms with E-state index in [0.717, 1.165) is 13.1 Å². The molecule has 3 heteroatoms. The Labute approximate surface area is 55.6 Å². The Balaban J connectivity index is 2.56. The lowest BCUT2D eigenvalue weighted by atomic mass is 10.0. The fraction of sp³-hybridized carbons (Fsp3) is 1.00. The monoisotopic (exact) mass is 130 g/mol. The number of nitrogens with two attached hydrogens (primary N) is 1. The van der Waals surface area contributed by atoms with E-state index in [1.807, 2.05) is 6.92 Å². The van der Waals surface area contributed by atoms with Gasteiger partial charge >= 0.3 is 0 Å². The summed E-state index contributed by atoms with van der Waals surface area (Å²) in [5.74, 6) is 0. The first-order valence-electron chi connectivity index (χ1n) is 3.20. The zero-order valence-corrected chi connectivity index (χ0v) is 5.98. The number of ether oxygens (including phenoxy) is 1. The molecule has 0 aromatic heterocycles. The molecule has 0 aromatic carbocycles. The molecule has 1 fully saturated rings. The summed E-state index contributed by atoms with van der Waals surface area (Å²) in [4.78, 5) is 0. The number of hydrogen-bond acceptors (Lipinski definition) is 3. The minimum atomic E-state index is -0.139. The Morgan fingerprint density at radius 3 is 2.67 bits per heavy atom. The summed E-state index contributed by atoms with van der Waals surface area (Å²) >= 11 is 0. The lowest BCUT2D eigenvalue weighted by Gasteiger charge is -2.25. The number of hydrogen-bond donors (Lipinski definition) is 2. The molecule has 2 atom stereocenters. The summed E-state index contributed by atoms with van der Waals surface area (Å²) in [6, 6.07) is 0.141. The quantitative estimate of drug-likeness (QED) is 0.494. The van der Waals surface area contributed by atoms with Crippen molar-refractivity contribution in [3.8, 4) is 0 Å². The van der Waals surface area contributed by atoms with Gasteiger partial charge in [-0.05, 0) is 6.92 Å². The van der Waals surface area contributed by atoms with Crippen LogP contribution in [0.3, 0.4) is 0 Å². The number of methoxy groups -OCH3 is 1. The van der Waals surface area contributed by atoms with Gasteiger partial charge in [-0.2, -0.15) is 0 Å². The van der Waals surface area contributed by atoms with Gasteiger partial charge in [-0.25, -0.2) is 0 Å². The molecule has 1 aliphatic rings. The van der Waals surface area contributed by atoms with E-state index in [1.165, 1.54) is 0 Å². The third-order valence-corrected chi connectivity index (χ3v) is 2.09. The third kappa shape index (κ3) is 1.08. The highest BCUT2D eigenvalue weighted by Crippen LogP contribution is 2.15. The minimum Gasteiger partial charge on any atom is -0.376 e. The molecule has 0 aliphatic carbocycles. The molecule has 0 spiro atoms. The molecule has 9 heavy (non-hydrogen) atoms. The van der Waals surface area contributed by atoms with Crippen LogP contribution in [-0.4, -0.2) is 31.8 Å². The van der Waals surface area contributed by atoms with Gasteiger partial charge in [0.15, 0.2) is 0 Å². The Hall–Kier alpha value is -0.120. The van der Waals surface area contributed by atoms with Crippen LogP contribution in [0.25, 0.3) is 0 Å². The minimum absolute atomic E-state index is 0.139. The van der Waals surface area contributed by atoms with E-state index in [1.54, 1.807) is 7.11 Å². The van der Waals surface area contributed by atoms with Gasteiger partial charge in [0, 0.05) is 26.2 Å². The van der Waals surface area contributed by atoms with Crippen molar-refractivity contribution >= 4 is 0 Å². The topological polar surface area (TPSA) is 47.3 Å². The van der Waals surface area contributed by atoms with Gasteiger partial charge in [-0.1, -0.05) is 0 Å². The molecule has 1 aliphatic heterocycles. The van der Waals surface area contributed by atoms with E-state index < -0.39 is 0 Å². The molecular weight excluding hydrogens is 116 g/mol. The molecule has 54 valence electrons. The highest BCUT2D eigenvalue weighted by Gasteiger charge is 2.35. The van der Waals surface area contributed by atoms with Crippen molar-refractivity contribution in [2.24, 2.45) is 5.73 Å². The van der Waals surface area contributed by atoms with Gasteiger partial charge < -0.3 is 15.8 Å². The molecule has 3 nitrogen and oxygen atoms in total. The standard InChI is InChI=1S/C6H14N2O/c1-6(9-2)4-8-3-5(6)7/h5,8H,3-4,7H2,1-2H3. The van der Waals surface area contributed by atoms with Crippen LogP contribution < -0.4 is 11.1 Å². The first-order chi connectivity index (χ1) is 4.19. The Kier molecular flexibility index (Phi) is 1.75. The van der Waals surface area contributed by atoms with E-state index in [4.69, 9.17) is 10.5 Å². The number of nitrogens with one attached hydrogen (secondary N) is 1. The van der Waals surface area contributed by atoms with Crippen LogP contribution in [0.4, 0.5) is 0 Å². The Morgan fingerprint density at radius 2 is 2.44 bits per heavy atom. The molecule has 0 saturated carbocycles. The summed E-state index contributed by atoms with van der Waals surface area (Å²) < 4.78 is 5.22. The lowest BCUT2D eigenvalue weighted by molar-refractivity contribution is 0.0117. The molecule has 3 N–H and O–H groups in total. The number of rotatable bonds is 1. The van der Waals surface area contributed by atoms with Crippen LogP contribution in [0.5, 0.6) is 0 Å². The second-order valence-corrected chi connectivity index (χ2v) is 2.75. The maximum atomic E-state index is 5.74. The maximum absolute atomic E-state index is 5.74. The van der Waals surface area contributed by atoms with E-state index in [9.17, 15) is 0 Å². The third-order valence-electron chi connectivity index (χ3n) is 2.09. The van der Waals surface area contributed by atoms with Crippen molar-refractivity contribution in [1.29, 1.82) is 0 Å². The van der Waals surface area contributed by atoms with Crippen LogP contribution >= 0.6 is 0 Å². The van der Waals surface area contributed by atoms with Gasteiger partial charge in [0.2, 0.25) is 0 Å². The average Bonchev–Trinajstić information content (AvgIpc) is 2.15. The van der Waals surface area contributed by atoms with Gasteiger partial charge in [0.1, 0.15) is 0 Å². The predicted molar refractivity (Wildman–Crippen MR) is 36.3 cm³/mol. The van der Waals surface area contributed by atoms with Gasteiger partial charge in [-0.3, -0.25) is 0 Å². The molecule has 0 aromatic rings. The molecule has 0 radical (unpaired) electrons. The summed E-state index contributed by atoms with van der Waals surface area (Å²) in [5, 5.41) is 3.16. The largest absolute Gasteiger partial charge is 0.376 e. The fourth-order valence-corrected chi connectivity index (χ4v) is 1.05. The van der Waals surface area contributed by atoms with E-state index in [2.05, 4.69) is 5.32 Å². The van der Waals surface area contributed by atoms with Gasteiger partial charge in [0.05, 0.1) is 5.60 Å². The lowest BCUT2D eigenvalue weighted by Crippen LogP contribution is -2.45. The fourth-order valence-electron chi connectivity index (χ4n) is 1.05. The predicted octanol–water partition coefficient (Wildman–Crippen LogP) is -0.678. The molecule has 0 bridgehead atoms. The van der Waals surface area contributed by atoms with Crippen LogP contribution in [0, 0.1) is 0 Å². The smallest absolute Gasteiger partial charge is 0.0936 e. The summed E-state index contributed by atoms with van der Waals surface area (Å²) in [6.07, 6.45) is 0. The molecule has 0 amide bonds. The van der Waals surface area contributed by atoms with Crippen LogP contribution in [-0.2, 0) is 4.74 Å². The van der Waals surface area contributed by atoms with E-state index >= 15 is 0 Å². The first kappa shape index (κ1) is 6.99. The average molecular weight is 130 g/mol. The van der Waals surface area contributed by atoms with Crippen LogP contribution in [0.1, 0.15) is 6.92 Å². The second-order valence-electron chi connectivity index (χ2n) is 2.75. The Bertz CT molecular complexity index is 107. The van der Waals surface area contributed by atoms with Crippen molar-refractivity contribution < 1.29 is 4.74 Å². The van der Waals surface area contributed by atoms with Crippen LogP contribution in [0.15, 0.2) is 0 Å². The highest BCUT2D eigenvalue weighted by molar-refractivity contribution is 4.96. The van der Waals surface area contributed by atoms with Crippen molar-refractivity contribution in [3.63, 3.8) is 0 Å². The summed E-state index contributed by atoms with van der Waals surface area (Å²) in [7, 11) is 1.70. The maximum Gasteiger partial charge on any atom is 0.0936 e. The molecular formula is C6H14N2O. The zero-order valence-electron chi connectivity index (χ0n) is 5.98. The molecule has 1 saturated heterocycles. The second kappa shape index (κ2) is 2.25. The molecule has 2 unspecified atom stereocenters. The molecule has 1 heterocycles. The Morgan fingerprint density at radius 1 is 1.78 bits per heavy atom. The molecule has 1 rings (SSSR count).